The maximum absolute atomic E-state index is 14.7. The number of esters is 1. The van der Waals surface area contributed by atoms with E-state index in [9.17, 15) is 14.4 Å². The lowest BCUT2D eigenvalue weighted by Gasteiger charge is -2.27. The van der Waals surface area contributed by atoms with Crippen LogP contribution >= 0.6 is 0 Å². The lowest BCUT2D eigenvalue weighted by Crippen LogP contribution is -2.40. The van der Waals surface area contributed by atoms with Crippen molar-refractivity contribution in [1.29, 1.82) is 0 Å². The number of allylic oxidation sites excluding steroid dienone is 5. The first-order valence-electron chi connectivity index (χ1n) is 17.0. The van der Waals surface area contributed by atoms with E-state index in [0.29, 0.717) is 34.3 Å². The third-order valence-corrected chi connectivity index (χ3v) is 10.5. The molecule has 2 atom stereocenters. The van der Waals surface area contributed by atoms with Gasteiger partial charge in [0.2, 0.25) is 0 Å². The molecule has 4 aliphatic heterocycles. The van der Waals surface area contributed by atoms with Gasteiger partial charge in [0.15, 0.2) is 0 Å². The zero-order chi connectivity index (χ0) is 35.4. The van der Waals surface area contributed by atoms with Crippen molar-refractivity contribution < 1.29 is 19.1 Å². The molecule has 10 heteroatoms. The predicted octanol–water partition coefficient (Wildman–Crippen LogP) is 7.83. The molecule has 50 heavy (non-hydrogen) atoms. The van der Waals surface area contributed by atoms with E-state index < -0.39 is 5.91 Å². The van der Waals surface area contributed by atoms with Crippen LogP contribution in [0.4, 0.5) is 0 Å². The van der Waals surface area contributed by atoms with Crippen molar-refractivity contribution in [2.24, 2.45) is 0 Å². The van der Waals surface area contributed by atoms with Gasteiger partial charge < -0.3 is 14.7 Å². The van der Waals surface area contributed by atoms with E-state index in [2.05, 4.69) is 42.3 Å². The minimum atomic E-state index is -0.417. The summed E-state index contributed by atoms with van der Waals surface area (Å²) in [6, 6.07) is 9.62. The van der Waals surface area contributed by atoms with E-state index >= 15 is 0 Å². The Bertz CT molecular complexity index is 2260. The zero-order valence-corrected chi connectivity index (χ0v) is 29.2. The Morgan fingerprint density at radius 2 is 1.66 bits per heavy atom. The van der Waals surface area contributed by atoms with E-state index in [1.807, 2.05) is 38.1 Å². The van der Waals surface area contributed by atoms with Gasteiger partial charge in [0.25, 0.3) is 11.8 Å². The van der Waals surface area contributed by atoms with Gasteiger partial charge in [-0.05, 0) is 91.8 Å². The SMILES string of the molecule is C=CC1=C(C)c2cc3[nH]c(c4c5[nH]c(cc6nc(cc1n2)C(C)=C6CC)c(C)c5C(=O)N(Cc1ccncc1)C4=O)[C@@H](CCC(=O)OC)[C@@H]3C. The highest BCUT2D eigenvalue weighted by molar-refractivity contribution is 6.23. The van der Waals surface area contributed by atoms with Crippen molar-refractivity contribution in [3.63, 3.8) is 0 Å². The Kier molecular flexibility index (Phi) is 8.33. The summed E-state index contributed by atoms with van der Waals surface area (Å²) in [7, 11) is 1.38. The highest BCUT2D eigenvalue weighted by Gasteiger charge is 2.40. The number of hydrogen-bond donors (Lipinski definition) is 2. The molecule has 0 unspecified atom stereocenters. The van der Waals surface area contributed by atoms with Gasteiger partial charge in [0.05, 0.1) is 53.1 Å². The fourth-order valence-electron chi connectivity index (χ4n) is 7.62. The Labute approximate surface area is 290 Å². The molecule has 3 aromatic rings. The molecule has 0 aromatic carbocycles. The molecule has 10 nitrogen and oxygen atoms in total. The first kappa shape index (κ1) is 32.9. The van der Waals surface area contributed by atoms with Crippen LogP contribution in [-0.2, 0) is 16.1 Å². The lowest BCUT2D eigenvalue weighted by molar-refractivity contribution is -0.140. The van der Waals surface area contributed by atoms with Crippen molar-refractivity contribution in [1.82, 2.24) is 29.8 Å². The molecule has 0 fully saturated rings. The first-order valence-corrected chi connectivity index (χ1v) is 17.0. The van der Waals surface area contributed by atoms with E-state index in [4.69, 9.17) is 14.7 Å². The minimum absolute atomic E-state index is 0.0810. The Hall–Kier alpha value is -5.64. The number of rotatable bonds is 7. The van der Waals surface area contributed by atoms with Gasteiger partial charge in [-0.15, -0.1) is 0 Å². The number of nitrogens with zero attached hydrogens (tertiary/aromatic N) is 4. The van der Waals surface area contributed by atoms with Crippen LogP contribution in [0.1, 0.15) is 125 Å². The number of aromatic amines is 2. The van der Waals surface area contributed by atoms with Crippen molar-refractivity contribution in [2.75, 3.05) is 7.11 Å². The number of nitrogens with one attached hydrogen (secondary N) is 2. The molecule has 0 saturated heterocycles. The molecule has 254 valence electrons. The molecule has 4 aliphatic rings. The fourth-order valence-corrected chi connectivity index (χ4v) is 7.62. The van der Waals surface area contributed by atoms with Gasteiger partial charge in [-0.3, -0.25) is 24.3 Å². The summed E-state index contributed by atoms with van der Waals surface area (Å²) in [6.45, 7) is 14.4. The summed E-state index contributed by atoms with van der Waals surface area (Å²) in [6.07, 6.45) is 6.48. The highest BCUT2D eigenvalue weighted by Crippen LogP contribution is 2.45. The molecular formula is C40H40N6O4. The molecular weight excluding hydrogens is 628 g/mol. The van der Waals surface area contributed by atoms with Gasteiger partial charge >= 0.3 is 5.97 Å². The van der Waals surface area contributed by atoms with E-state index in [1.165, 1.54) is 12.0 Å². The van der Waals surface area contributed by atoms with Gasteiger partial charge in [0.1, 0.15) is 0 Å². The smallest absolute Gasteiger partial charge is 0.305 e. The summed E-state index contributed by atoms with van der Waals surface area (Å²) in [5.41, 5.74) is 12.3. The second kappa shape index (κ2) is 12.7. The van der Waals surface area contributed by atoms with Crippen LogP contribution < -0.4 is 0 Å². The average molecular weight is 669 g/mol. The normalized spacial score (nSPS) is 17.8. The van der Waals surface area contributed by atoms with E-state index in [0.717, 1.165) is 68.3 Å². The second-order valence-corrected chi connectivity index (χ2v) is 13.2. The Morgan fingerprint density at radius 3 is 2.36 bits per heavy atom. The minimum Gasteiger partial charge on any atom is -0.469 e. The van der Waals surface area contributed by atoms with Crippen molar-refractivity contribution >= 4 is 51.1 Å². The lowest BCUT2D eigenvalue weighted by atomic mass is 9.84. The topological polar surface area (TPSA) is 134 Å². The standard InChI is InChI=1S/C40H40N6O4/c1-8-25-20(3)28-16-30-22(5)27(10-11-34(47)50-7)37(44-30)36-38-35(39(48)46(40(36)49)19-24-12-14-41-15-13-24)23(6)31(45-38)18-33-26(9-2)21(4)29(43-33)17-32(25)42-28/h8,12-18,22,27,44-45H,1,9-11,19H2,2-7H3/t22-,27-/m0/s1. The van der Waals surface area contributed by atoms with Crippen LogP contribution in [-0.4, -0.2) is 54.7 Å². The molecule has 0 saturated carbocycles. The number of H-pyrrole nitrogens is 2. The van der Waals surface area contributed by atoms with Crippen LogP contribution in [0, 0.1) is 6.92 Å². The number of methoxy groups -OCH3 is 1. The summed E-state index contributed by atoms with van der Waals surface area (Å²) < 4.78 is 5.02. The first-order chi connectivity index (χ1) is 24.1. The number of pyridine rings is 1. The molecule has 2 N–H and O–H groups in total. The van der Waals surface area contributed by atoms with Crippen molar-refractivity contribution in [3.8, 4) is 0 Å². The summed E-state index contributed by atoms with van der Waals surface area (Å²) >= 11 is 0. The number of aromatic nitrogens is 5. The van der Waals surface area contributed by atoms with Crippen LogP contribution in [0.15, 0.2) is 55.4 Å². The number of ether oxygens (including phenoxy) is 1. The quantitative estimate of drug-likeness (QED) is 0.194. The number of aryl methyl sites for hydroxylation is 1. The monoisotopic (exact) mass is 668 g/mol. The van der Waals surface area contributed by atoms with Crippen LogP contribution in [0.25, 0.3) is 33.3 Å². The number of fused-ring (bicyclic) bond motifs is 8. The summed E-state index contributed by atoms with van der Waals surface area (Å²) in [5.74, 6) is -1.50. The molecule has 0 spiro atoms. The second-order valence-electron chi connectivity index (χ2n) is 13.2. The van der Waals surface area contributed by atoms with Gasteiger partial charge in [0, 0.05) is 53.1 Å². The van der Waals surface area contributed by atoms with E-state index in [-0.39, 0.29) is 36.7 Å². The average Bonchev–Trinajstić information content (AvgIpc) is 3.79. The van der Waals surface area contributed by atoms with Crippen molar-refractivity contribution in [3.05, 3.63) is 112 Å². The number of carbonyl (C=O) groups is 3. The summed E-state index contributed by atoms with van der Waals surface area (Å²) in [5, 5.41) is 0. The molecule has 3 aromatic heterocycles. The van der Waals surface area contributed by atoms with Gasteiger partial charge in [-0.25, -0.2) is 9.97 Å². The third-order valence-electron chi connectivity index (χ3n) is 10.5. The molecule has 0 radical (unpaired) electrons. The Balaban J connectivity index is 1.61. The fraction of sp³-hybridized carbons (Fsp3) is 0.300. The highest BCUT2D eigenvalue weighted by atomic mass is 16.5. The van der Waals surface area contributed by atoms with E-state index in [1.54, 1.807) is 24.5 Å². The Morgan fingerprint density at radius 1 is 0.960 bits per heavy atom. The largest absolute Gasteiger partial charge is 0.469 e. The molecule has 8 bridgehead atoms. The number of amides is 2. The van der Waals surface area contributed by atoms with Gasteiger partial charge in [-0.1, -0.05) is 26.5 Å². The maximum Gasteiger partial charge on any atom is 0.305 e. The zero-order valence-electron chi connectivity index (χ0n) is 29.2. The van der Waals surface area contributed by atoms with Crippen molar-refractivity contribution in [2.45, 2.75) is 72.3 Å². The molecule has 0 aliphatic carbocycles. The predicted molar refractivity (Wildman–Crippen MR) is 193 cm³/mol. The van der Waals surface area contributed by atoms with Crippen LogP contribution in [0.5, 0.6) is 0 Å². The summed E-state index contributed by atoms with van der Waals surface area (Å²) in [4.78, 5) is 64.2. The molecule has 2 amide bonds. The molecule has 7 rings (SSSR count). The van der Waals surface area contributed by atoms with Crippen LogP contribution in [0.3, 0.4) is 0 Å². The number of imide groups is 1. The number of hydrogen-bond acceptors (Lipinski definition) is 7. The third kappa shape index (κ3) is 5.26. The molecule has 7 heterocycles. The number of carbonyl (C=O) groups excluding carboxylic acids is 3. The maximum atomic E-state index is 14.7. The van der Waals surface area contributed by atoms with Crippen LogP contribution in [0.2, 0.25) is 0 Å². The van der Waals surface area contributed by atoms with Gasteiger partial charge in [-0.2, -0.15) is 0 Å².